The number of nitrogens with zero attached hydrogens (tertiary/aromatic N) is 1. The molecule has 196 valence electrons. The summed E-state index contributed by atoms with van der Waals surface area (Å²) in [5, 5.41) is 3.09. The Bertz CT molecular complexity index is 1100. The van der Waals surface area contributed by atoms with Gasteiger partial charge in [0.1, 0.15) is 6.04 Å². The van der Waals surface area contributed by atoms with Crippen LogP contribution < -0.4 is 5.32 Å². The van der Waals surface area contributed by atoms with Crippen LogP contribution in [0.15, 0.2) is 84.9 Å². The standard InChI is InChI=1S/C33H42N2O2/c1-5-6-23-34-32(37)30(24-27-13-9-7-10-14-27)35(25-28-15-11-8-12-16-28)31(36)22-19-26-17-20-29(21-18-26)33(2,3)4/h7-18,20-21,30H,5-6,19,22-25H2,1-4H3,(H,34,37)/t30-/m0/s1. The first kappa shape index (κ1) is 28.2. The molecule has 0 aliphatic heterocycles. The lowest BCUT2D eigenvalue weighted by molar-refractivity contribution is -0.141. The highest BCUT2D eigenvalue weighted by molar-refractivity contribution is 5.88. The zero-order valence-corrected chi connectivity index (χ0v) is 22.9. The summed E-state index contributed by atoms with van der Waals surface area (Å²) in [6, 6.07) is 27.9. The average molecular weight is 499 g/mol. The highest BCUT2D eigenvalue weighted by Crippen LogP contribution is 2.23. The molecule has 3 aromatic rings. The molecule has 2 amide bonds. The maximum atomic E-state index is 13.8. The molecule has 4 heteroatoms. The third-order valence-corrected chi connectivity index (χ3v) is 6.74. The van der Waals surface area contributed by atoms with Crippen LogP contribution >= 0.6 is 0 Å². The highest BCUT2D eigenvalue weighted by Gasteiger charge is 2.30. The number of carbonyl (C=O) groups is 2. The Kier molecular flexibility index (Phi) is 10.5. The Morgan fingerprint density at radius 1 is 0.811 bits per heavy atom. The second kappa shape index (κ2) is 13.8. The van der Waals surface area contributed by atoms with Gasteiger partial charge in [0, 0.05) is 25.9 Å². The van der Waals surface area contributed by atoms with E-state index in [0.717, 1.165) is 29.5 Å². The molecule has 0 saturated carbocycles. The molecule has 1 atom stereocenters. The van der Waals surface area contributed by atoms with Gasteiger partial charge in [-0.05, 0) is 40.5 Å². The number of unbranched alkanes of at least 4 members (excludes halogenated alkanes) is 1. The SMILES string of the molecule is CCCCNC(=O)[C@H](Cc1ccccc1)N(Cc1ccccc1)C(=O)CCc1ccc(C(C)(C)C)cc1. The lowest BCUT2D eigenvalue weighted by atomic mass is 9.86. The topological polar surface area (TPSA) is 49.4 Å². The second-order valence-corrected chi connectivity index (χ2v) is 10.8. The van der Waals surface area contributed by atoms with Crippen LogP contribution in [0.25, 0.3) is 0 Å². The minimum absolute atomic E-state index is 0.00433. The molecular formula is C33H42N2O2. The first-order valence-corrected chi connectivity index (χ1v) is 13.5. The molecule has 0 fully saturated rings. The third kappa shape index (κ3) is 8.89. The molecule has 0 radical (unpaired) electrons. The van der Waals surface area contributed by atoms with Crippen molar-refractivity contribution in [1.82, 2.24) is 10.2 Å². The second-order valence-electron chi connectivity index (χ2n) is 10.8. The van der Waals surface area contributed by atoms with Gasteiger partial charge in [-0.2, -0.15) is 0 Å². The number of carbonyl (C=O) groups excluding carboxylic acids is 2. The summed E-state index contributed by atoms with van der Waals surface area (Å²) < 4.78 is 0. The van der Waals surface area contributed by atoms with Crippen LogP contribution in [-0.2, 0) is 34.4 Å². The fourth-order valence-corrected chi connectivity index (χ4v) is 4.41. The van der Waals surface area contributed by atoms with Crippen LogP contribution in [0.3, 0.4) is 0 Å². The first-order valence-electron chi connectivity index (χ1n) is 13.5. The van der Waals surface area contributed by atoms with Crippen LogP contribution in [0.4, 0.5) is 0 Å². The summed E-state index contributed by atoms with van der Waals surface area (Å²) in [4.78, 5) is 29.0. The number of hydrogen-bond acceptors (Lipinski definition) is 2. The van der Waals surface area contributed by atoms with Crippen LogP contribution in [0.1, 0.15) is 69.2 Å². The van der Waals surface area contributed by atoms with Crippen molar-refractivity contribution < 1.29 is 9.59 Å². The molecule has 3 aromatic carbocycles. The summed E-state index contributed by atoms with van der Waals surface area (Å²) in [5.41, 5.74) is 4.57. The number of nitrogens with one attached hydrogen (secondary N) is 1. The molecule has 1 N–H and O–H groups in total. The van der Waals surface area contributed by atoms with Crippen molar-refractivity contribution in [2.24, 2.45) is 0 Å². The van der Waals surface area contributed by atoms with E-state index < -0.39 is 6.04 Å². The molecule has 3 rings (SSSR count). The van der Waals surface area contributed by atoms with Crippen molar-refractivity contribution in [3.63, 3.8) is 0 Å². The summed E-state index contributed by atoms with van der Waals surface area (Å²) in [6.45, 7) is 9.73. The lowest BCUT2D eigenvalue weighted by Crippen LogP contribution is -2.50. The van der Waals surface area contributed by atoms with Gasteiger partial charge >= 0.3 is 0 Å². The van der Waals surface area contributed by atoms with Crippen LogP contribution in [0, 0.1) is 0 Å². The normalized spacial score (nSPS) is 12.1. The highest BCUT2D eigenvalue weighted by atomic mass is 16.2. The van der Waals surface area contributed by atoms with Gasteiger partial charge in [-0.1, -0.05) is 119 Å². The van der Waals surface area contributed by atoms with E-state index in [1.54, 1.807) is 4.90 Å². The van der Waals surface area contributed by atoms with Crippen molar-refractivity contribution in [2.45, 2.75) is 77.8 Å². The molecular weight excluding hydrogens is 456 g/mol. The van der Waals surface area contributed by atoms with E-state index in [4.69, 9.17) is 0 Å². The zero-order chi connectivity index (χ0) is 26.7. The van der Waals surface area contributed by atoms with Gasteiger partial charge in [-0.3, -0.25) is 9.59 Å². The molecule has 0 aliphatic rings. The number of aryl methyl sites for hydroxylation is 1. The molecule has 4 nitrogen and oxygen atoms in total. The lowest BCUT2D eigenvalue weighted by Gasteiger charge is -2.31. The summed E-state index contributed by atoms with van der Waals surface area (Å²) in [5.74, 6) is -0.0913. The van der Waals surface area contributed by atoms with Gasteiger partial charge in [-0.25, -0.2) is 0 Å². The Morgan fingerprint density at radius 3 is 1.97 bits per heavy atom. The van der Waals surface area contributed by atoms with Gasteiger partial charge in [0.2, 0.25) is 11.8 Å². The van der Waals surface area contributed by atoms with Crippen molar-refractivity contribution in [3.8, 4) is 0 Å². The van der Waals surface area contributed by atoms with Gasteiger partial charge in [-0.15, -0.1) is 0 Å². The van der Waals surface area contributed by atoms with Gasteiger partial charge < -0.3 is 10.2 Å². The zero-order valence-electron chi connectivity index (χ0n) is 22.9. The van der Waals surface area contributed by atoms with E-state index in [0.29, 0.717) is 32.4 Å². The van der Waals surface area contributed by atoms with Crippen molar-refractivity contribution in [1.29, 1.82) is 0 Å². The van der Waals surface area contributed by atoms with Crippen molar-refractivity contribution in [3.05, 3.63) is 107 Å². The summed E-state index contributed by atoms with van der Waals surface area (Å²) in [7, 11) is 0. The van der Waals surface area contributed by atoms with Crippen LogP contribution in [0.5, 0.6) is 0 Å². The van der Waals surface area contributed by atoms with Crippen LogP contribution in [0.2, 0.25) is 0 Å². The predicted octanol–water partition coefficient (Wildman–Crippen LogP) is 6.47. The van der Waals surface area contributed by atoms with E-state index >= 15 is 0 Å². The molecule has 37 heavy (non-hydrogen) atoms. The molecule has 0 bridgehead atoms. The monoisotopic (exact) mass is 498 g/mol. The van der Waals surface area contributed by atoms with E-state index in [-0.39, 0.29) is 17.2 Å². The van der Waals surface area contributed by atoms with Gasteiger partial charge in [0.15, 0.2) is 0 Å². The van der Waals surface area contributed by atoms with E-state index in [2.05, 4.69) is 57.3 Å². The smallest absolute Gasteiger partial charge is 0.243 e. The average Bonchev–Trinajstić information content (AvgIpc) is 2.90. The Balaban J connectivity index is 1.83. The van der Waals surface area contributed by atoms with Crippen molar-refractivity contribution in [2.75, 3.05) is 6.54 Å². The molecule has 0 unspecified atom stereocenters. The van der Waals surface area contributed by atoms with E-state index in [1.165, 1.54) is 5.56 Å². The summed E-state index contributed by atoms with van der Waals surface area (Å²) >= 11 is 0. The maximum absolute atomic E-state index is 13.8. The first-order chi connectivity index (χ1) is 17.8. The number of amides is 2. The van der Waals surface area contributed by atoms with Gasteiger partial charge in [0.25, 0.3) is 0 Å². The van der Waals surface area contributed by atoms with Crippen LogP contribution in [-0.4, -0.2) is 29.3 Å². The third-order valence-electron chi connectivity index (χ3n) is 6.74. The molecule has 0 aliphatic carbocycles. The Labute approximate surface area is 223 Å². The fraction of sp³-hybridized carbons (Fsp3) is 0.394. The minimum Gasteiger partial charge on any atom is -0.354 e. The van der Waals surface area contributed by atoms with Gasteiger partial charge in [0.05, 0.1) is 0 Å². The Hall–Kier alpha value is -3.40. The quantitative estimate of drug-likeness (QED) is 0.291. The number of benzene rings is 3. The Morgan fingerprint density at radius 2 is 1.41 bits per heavy atom. The molecule has 0 aromatic heterocycles. The number of hydrogen-bond donors (Lipinski definition) is 1. The molecule has 0 heterocycles. The molecule has 0 saturated heterocycles. The predicted molar refractivity (Wildman–Crippen MR) is 152 cm³/mol. The maximum Gasteiger partial charge on any atom is 0.243 e. The van der Waals surface area contributed by atoms with E-state index in [9.17, 15) is 9.59 Å². The molecule has 0 spiro atoms. The fourth-order valence-electron chi connectivity index (χ4n) is 4.41. The minimum atomic E-state index is -0.574. The van der Waals surface area contributed by atoms with Crippen molar-refractivity contribution >= 4 is 11.8 Å². The number of rotatable bonds is 12. The van der Waals surface area contributed by atoms with E-state index in [1.807, 2.05) is 60.7 Å². The largest absolute Gasteiger partial charge is 0.354 e. The summed E-state index contributed by atoms with van der Waals surface area (Å²) in [6.07, 6.45) is 3.40.